The average Bonchev–Trinajstić information content (AvgIpc) is 2.73. The van der Waals surface area contributed by atoms with Crippen LogP contribution in [0.4, 0.5) is 0 Å². The lowest BCUT2D eigenvalue weighted by Gasteiger charge is -2.31. The van der Waals surface area contributed by atoms with Gasteiger partial charge in [0.25, 0.3) is 0 Å². The molecule has 0 N–H and O–H groups in total. The fourth-order valence-corrected chi connectivity index (χ4v) is 3.57. The number of ketones is 1. The van der Waals surface area contributed by atoms with E-state index in [9.17, 15) is 9.59 Å². The van der Waals surface area contributed by atoms with Crippen molar-refractivity contribution in [3.05, 3.63) is 64.7 Å². The summed E-state index contributed by atoms with van der Waals surface area (Å²) in [5.41, 5.74) is 1.82. The second-order valence-electron chi connectivity index (χ2n) is 6.87. The smallest absolute Gasteiger partial charge is 0.222 e. The van der Waals surface area contributed by atoms with Crippen LogP contribution in [0.3, 0.4) is 0 Å². The van der Waals surface area contributed by atoms with Crippen molar-refractivity contribution in [1.82, 2.24) is 4.90 Å². The van der Waals surface area contributed by atoms with Crippen LogP contribution in [0.2, 0.25) is 5.02 Å². The Balaban J connectivity index is 1.48. The van der Waals surface area contributed by atoms with Gasteiger partial charge in [0, 0.05) is 36.0 Å². The van der Waals surface area contributed by atoms with Gasteiger partial charge in [-0.1, -0.05) is 23.7 Å². The Kier molecular flexibility index (Phi) is 6.51. The number of carbonyl (C=O) groups is 2. The van der Waals surface area contributed by atoms with E-state index in [1.807, 2.05) is 53.4 Å². The maximum absolute atomic E-state index is 12.7. The van der Waals surface area contributed by atoms with Gasteiger partial charge < -0.3 is 9.64 Å². The molecule has 1 saturated heterocycles. The Morgan fingerprint density at radius 3 is 2.26 bits per heavy atom. The SMILES string of the molecule is COc1ccc(C(=O)C2CCN(C(=O)CCc3ccc(Cl)cc3)CC2)cc1. The van der Waals surface area contributed by atoms with E-state index in [-0.39, 0.29) is 17.6 Å². The molecule has 2 aromatic rings. The van der Waals surface area contributed by atoms with E-state index in [4.69, 9.17) is 16.3 Å². The van der Waals surface area contributed by atoms with E-state index < -0.39 is 0 Å². The molecule has 0 aromatic heterocycles. The van der Waals surface area contributed by atoms with Gasteiger partial charge in [-0.2, -0.15) is 0 Å². The third kappa shape index (κ3) is 5.10. The molecule has 3 rings (SSSR count). The number of hydrogen-bond donors (Lipinski definition) is 0. The predicted molar refractivity (Wildman–Crippen MR) is 106 cm³/mol. The lowest BCUT2D eigenvalue weighted by Crippen LogP contribution is -2.40. The van der Waals surface area contributed by atoms with Gasteiger partial charge in [0.2, 0.25) is 5.91 Å². The Bertz CT molecular complexity index is 778. The second kappa shape index (κ2) is 9.05. The van der Waals surface area contributed by atoms with Gasteiger partial charge in [-0.15, -0.1) is 0 Å². The number of Topliss-reactive ketones (excluding diaryl/α,β-unsaturated/α-hetero) is 1. The van der Waals surface area contributed by atoms with E-state index in [0.717, 1.165) is 24.2 Å². The summed E-state index contributed by atoms with van der Waals surface area (Å²) in [6.07, 6.45) is 2.63. The summed E-state index contributed by atoms with van der Waals surface area (Å²) >= 11 is 5.89. The van der Waals surface area contributed by atoms with Crippen molar-refractivity contribution in [3.8, 4) is 5.75 Å². The quantitative estimate of drug-likeness (QED) is 0.692. The lowest BCUT2D eigenvalue weighted by atomic mass is 9.88. The van der Waals surface area contributed by atoms with Crippen LogP contribution in [-0.4, -0.2) is 36.8 Å². The number of carbonyl (C=O) groups excluding carboxylic acids is 2. The predicted octanol–water partition coefficient (Wildman–Crippen LogP) is 4.40. The molecule has 0 atom stereocenters. The van der Waals surface area contributed by atoms with Crippen LogP contribution in [0.5, 0.6) is 5.75 Å². The number of hydrogen-bond acceptors (Lipinski definition) is 3. The number of rotatable bonds is 6. The average molecular weight is 386 g/mol. The van der Waals surface area contributed by atoms with E-state index >= 15 is 0 Å². The number of nitrogens with zero attached hydrogens (tertiary/aromatic N) is 1. The van der Waals surface area contributed by atoms with Crippen LogP contribution in [-0.2, 0) is 11.2 Å². The molecule has 1 heterocycles. The summed E-state index contributed by atoms with van der Waals surface area (Å²) in [4.78, 5) is 27.0. The fraction of sp³-hybridized carbons (Fsp3) is 0.364. The summed E-state index contributed by atoms with van der Waals surface area (Å²) in [6, 6.07) is 14.8. The minimum absolute atomic E-state index is 0.0151. The Morgan fingerprint density at radius 1 is 1.04 bits per heavy atom. The van der Waals surface area contributed by atoms with Crippen LogP contribution in [0.25, 0.3) is 0 Å². The first-order chi connectivity index (χ1) is 13.1. The number of methoxy groups -OCH3 is 1. The molecular formula is C22H24ClNO3. The van der Waals surface area contributed by atoms with E-state index in [0.29, 0.717) is 36.5 Å². The molecular weight excluding hydrogens is 362 g/mol. The Labute approximate surface area is 165 Å². The zero-order chi connectivity index (χ0) is 19.2. The fourth-order valence-electron chi connectivity index (χ4n) is 3.44. The van der Waals surface area contributed by atoms with Crippen molar-refractivity contribution >= 4 is 23.3 Å². The zero-order valence-corrected chi connectivity index (χ0v) is 16.2. The number of amides is 1. The first kappa shape index (κ1) is 19.4. The second-order valence-corrected chi connectivity index (χ2v) is 7.31. The van der Waals surface area contributed by atoms with Gasteiger partial charge in [-0.3, -0.25) is 9.59 Å². The third-order valence-electron chi connectivity index (χ3n) is 5.13. The normalized spacial score (nSPS) is 14.8. The number of ether oxygens (including phenoxy) is 1. The highest BCUT2D eigenvalue weighted by atomic mass is 35.5. The summed E-state index contributed by atoms with van der Waals surface area (Å²) in [5, 5.41) is 0.702. The Hall–Kier alpha value is -2.33. The number of likely N-dealkylation sites (tertiary alicyclic amines) is 1. The molecule has 1 fully saturated rings. The van der Waals surface area contributed by atoms with Crippen molar-refractivity contribution in [3.63, 3.8) is 0 Å². The molecule has 0 radical (unpaired) electrons. The highest BCUT2D eigenvalue weighted by Crippen LogP contribution is 2.24. The van der Waals surface area contributed by atoms with Gasteiger partial charge in [-0.25, -0.2) is 0 Å². The van der Waals surface area contributed by atoms with Gasteiger partial charge in [-0.05, 0) is 61.2 Å². The number of aryl methyl sites for hydroxylation is 1. The molecule has 1 aliphatic rings. The van der Waals surface area contributed by atoms with Gasteiger partial charge in [0.05, 0.1) is 7.11 Å². The molecule has 27 heavy (non-hydrogen) atoms. The highest BCUT2D eigenvalue weighted by Gasteiger charge is 2.27. The van der Waals surface area contributed by atoms with Crippen LogP contribution in [0.1, 0.15) is 35.2 Å². The Morgan fingerprint density at radius 2 is 1.67 bits per heavy atom. The maximum atomic E-state index is 12.7. The zero-order valence-electron chi connectivity index (χ0n) is 15.5. The topological polar surface area (TPSA) is 46.6 Å². The van der Waals surface area contributed by atoms with Crippen LogP contribution in [0, 0.1) is 5.92 Å². The lowest BCUT2D eigenvalue weighted by molar-refractivity contribution is -0.132. The maximum Gasteiger partial charge on any atom is 0.222 e. The van der Waals surface area contributed by atoms with Crippen molar-refractivity contribution in [2.75, 3.05) is 20.2 Å². The van der Waals surface area contributed by atoms with Crippen molar-refractivity contribution in [1.29, 1.82) is 0 Å². The van der Waals surface area contributed by atoms with E-state index in [1.54, 1.807) is 7.11 Å². The number of halogens is 1. The molecule has 4 nitrogen and oxygen atoms in total. The molecule has 0 bridgehead atoms. The van der Waals surface area contributed by atoms with Crippen LogP contribution < -0.4 is 4.74 Å². The highest BCUT2D eigenvalue weighted by molar-refractivity contribution is 6.30. The molecule has 0 spiro atoms. The molecule has 5 heteroatoms. The van der Waals surface area contributed by atoms with Gasteiger partial charge in [0.15, 0.2) is 5.78 Å². The van der Waals surface area contributed by atoms with Crippen molar-refractivity contribution in [2.45, 2.75) is 25.7 Å². The number of piperidine rings is 1. The van der Waals surface area contributed by atoms with Crippen molar-refractivity contribution < 1.29 is 14.3 Å². The molecule has 0 saturated carbocycles. The van der Waals surface area contributed by atoms with Crippen LogP contribution >= 0.6 is 11.6 Å². The molecule has 0 aliphatic carbocycles. The van der Waals surface area contributed by atoms with Gasteiger partial charge >= 0.3 is 0 Å². The largest absolute Gasteiger partial charge is 0.497 e. The molecule has 142 valence electrons. The number of benzene rings is 2. The third-order valence-corrected chi connectivity index (χ3v) is 5.39. The summed E-state index contributed by atoms with van der Waals surface area (Å²) in [6.45, 7) is 1.29. The van der Waals surface area contributed by atoms with E-state index in [2.05, 4.69) is 0 Å². The van der Waals surface area contributed by atoms with Crippen LogP contribution in [0.15, 0.2) is 48.5 Å². The minimum Gasteiger partial charge on any atom is -0.497 e. The minimum atomic E-state index is -0.0151. The molecule has 0 unspecified atom stereocenters. The van der Waals surface area contributed by atoms with Crippen molar-refractivity contribution in [2.24, 2.45) is 5.92 Å². The molecule has 2 aromatic carbocycles. The van der Waals surface area contributed by atoms with Gasteiger partial charge in [0.1, 0.15) is 5.75 Å². The molecule has 1 aliphatic heterocycles. The molecule has 1 amide bonds. The standard InChI is InChI=1S/C22H24ClNO3/c1-27-20-9-5-17(6-10-20)22(26)18-12-14-24(15-13-18)21(25)11-4-16-2-7-19(23)8-3-16/h2-3,5-10,18H,4,11-15H2,1H3. The van der Waals surface area contributed by atoms with E-state index in [1.165, 1.54) is 0 Å². The summed E-state index contributed by atoms with van der Waals surface area (Å²) in [5.74, 6) is 1.04. The monoisotopic (exact) mass is 385 g/mol. The summed E-state index contributed by atoms with van der Waals surface area (Å²) < 4.78 is 5.13. The summed E-state index contributed by atoms with van der Waals surface area (Å²) in [7, 11) is 1.61. The first-order valence-electron chi connectivity index (χ1n) is 9.27. The first-order valence-corrected chi connectivity index (χ1v) is 9.65.